The largest absolute Gasteiger partial charge is 0.176 e. The van der Waals surface area contributed by atoms with Crippen molar-refractivity contribution in [2.75, 3.05) is 0 Å². The van der Waals surface area contributed by atoms with Crippen LogP contribution in [0.3, 0.4) is 0 Å². The molecule has 0 aromatic heterocycles. The standard InChI is InChI=1S/C13H20S/c1-4-13(5-2)11-9-7-6-8-10-12(3)14/h4,6,9,11-12,14H,1,5,8,10H2,2-3H3/b13-11+. The molecule has 0 rings (SSSR count). The third kappa shape index (κ3) is 7.97. The quantitative estimate of drug-likeness (QED) is 0.375. The molecular weight excluding hydrogens is 188 g/mol. The topological polar surface area (TPSA) is 0 Å². The van der Waals surface area contributed by atoms with Gasteiger partial charge in [0, 0.05) is 0 Å². The lowest BCUT2D eigenvalue weighted by atomic mass is 10.2. The number of thiol groups is 1. The molecule has 0 bridgehead atoms. The van der Waals surface area contributed by atoms with Crippen molar-refractivity contribution in [3.8, 4) is 0 Å². The first-order valence-corrected chi connectivity index (χ1v) is 5.63. The van der Waals surface area contributed by atoms with Crippen LogP contribution >= 0.6 is 12.6 Å². The highest BCUT2D eigenvalue weighted by atomic mass is 32.1. The van der Waals surface area contributed by atoms with Gasteiger partial charge in [-0.25, -0.2) is 0 Å². The van der Waals surface area contributed by atoms with E-state index >= 15 is 0 Å². The van der Waals surface area contributed by atoms with E-state index in [2.05, 4.69) is 44.9 Å². The van der Waals surface area contributed by atoms with Gasteiger partial charge in [-0.05, 0) is 42.2 Å². The van der Waals surface area contributed by atoms with Gasteiger partial charge in [0.15, 0.2) is 0 Å². The monoisotopic (exact) mass is 208 g/mol. The zero-order chi connectivity index (χ0) is 10.8. The van der Waals surface area contributed by atoms with E-state index in [0.717, 1.165) is 19.3 Å². The molecule has 0 saturated heterocycles. The van der Waals surface area contributed by atoms with E-state index in [1.165, 1.54) is 5.57 Å². The molecule has 0 saturated carbocycles. The van der Waals surface area contributed by atoms with Crippen molar-refractivity contribution >= 4 is 12.6 Å². The van der Waals surface area contributed by atoms with Crippen molar-refractivity contribution in [1.82, 2.24) is 0 Å². The van der Waals surface area contributed by atoms with Gasteiger partial charge in [-0.2, -0.15) is 12.6 Å². The molecule has 1 heteroatoms. The number of rotatable bonds is 6. The second-order valence-electron chi connectivity index (χ2n) is 3.26. The Morgan fingerprint density at radius 3 is 2.79 bits per heavy atom. The minimum atomic E-state index is 0.475. The minimum absolute atomic E-state index is 0.475. The summed E-state index contributed by atoms with van der Waals surface area (Å²) in [6.07, 6.45) is 11.1. The van der Waals surface area contributed by atoms with Crippen molar-refractivity contribution in [3.63, 3.8) is 0 Å². The summed E-state index contributed by atoms with van der Waals surface area (Å²) < 4.78 is 0. The number of hydrogen-bond donors (Lipinski definition) is 1. The molecular formula is C13H20S. The lowest BCUT2D eigenvalue weighted by Crippen LogP contribution is -1.86. The Balaban J connectivity index is 3.91. The van der Waals surface area contributed by atoms with Crippen LogP contribution in [-0.2, 0) is 0 Å². The SMILES string of the molecule is C=C/C(=C\C=C=CCCC(C)S)CC. The van der Waals surface area contributed by atoms with E-state index < -0.39 is 0 Å². The van der Waals surface area contributed by atoms with Crippen molar-refractivity contribution in [2.45, 2.75) is 38.4 Å². The third-order valence-corrected chi connectivity index (χ3v) is 2.17. The predicted octanol–water partition coefficient (Wildman–Crippen LogP) is 4.32. The Labute approximate surface area is 93.5 Å². The maximum Gasteiger partial charge on any atom is -0.000842 e. The molecule has 0 amide bonds. The van der Waals surface area contributed by atoms with Crippen LogP contribution in [0.5, 0.6) is 0 Å². The smallest absolute Gasteiger partial charge is 0.000842 e. The summed E-state index contributed by atoms with van der Waals surface area (Å²) in [7, 11) is 0. The molecule has 0 N–H and O–H groups in total. The van der Waals surface area contributed by atoms with Crippen LogP contribution in [0.4, 0.5) is 0 Å². The molecule has 0 radical (unpaired) electrons. The van der Waals surface area contributed by atoms with Gasteiger partial charge in [0.1, 0.15) is 0 Å². The van der Waals surface area contributed by atoms with Crippen LogP contribution in [0, 0.1) is 0 Å². The van der Waals surface area contributed by atoms with Gasteiger partial charge in [-0.1, -0.05) is 32.6 Å². The number of allylic oxidation sites excluding steroid dienone is 4. The highest BCUT2D eigenvalue weighted by molar-refractivity contribution is 7.80. The average molecular weight is 208 g/mol. The van der Waals surface area contributed by atoms with Crippen molar-refractivity contribution in [1.29, 1.82) is 0 Å². The highest BCUT2D eigenvalue weighted by Crippen LogP contribution is 2.03. The normalized spacial score (nSPS) is 12.9. The zero-order valence-corrected chi connectivity index (χ0v) is 10.1. The van der Waals surface area contributed by atoms with Gasteiger partial charge in [-0.3, -0.25) is 0 Å². The predicted molar refractivity (Wildman–Crippen MR) is 68.9 cm³/mol. The Kier molecular flexibility index (Phi) is 8.51. The summed E-state index contributed by atoms with van der Waals surface area (Å²) in [4.78, 5) is 0. The fourth-order valence-corrected chi connectivity index (χ4v) is 1.11. The lowest BCUT2D eigenvalue weighted by Gasteiger charge is -1.96. The minimum Gasteiger partial charge on any atom is -0.176 e. The van der Waals surface area contributed by atoms with Crippen molar-refractivity contribution < 1.29 is 0 Å². The number of hydrogen-bond acceptors (Lipinski definition) is 1. The Bertz CT molecular complexity index is 240. The average Bonchev–Trinajstić information content (AvgIpc) is 2.16. The molecule has 78 valence electrons. The van der Waals surface area contributed by atoms with Gasteiger partial charge in [-0.15, -0.1) is 5.73 Å². The lowest BCUT2D eigenvalue weighted by molar-refractivity contribution is 0.838. The van der Waals surface area contributed by atoms with Crippen molar-refractivity contribution in [3.05, 3.63) is 42.2 Å². The molecule has 0 aromatic carbocycles. The molecule has 0 spiro atoms. The summed E-state index contributed by atoms with van der Waals surface area (Å²) in [5.41, 5.74) is 4.38. The van der Waals surface area contributed by atoms with Crippen LogP contribution in [-0.4, -0.2) is 5.25 Å². The molecule has 1 atom stereocenters. The molecule has 0 aliphatic carbocycles. The third-order valence-electron chi connectivity index (χ3n) is 1.91. The summed E-state index contributed by atoms with van der Waals surface area (Å²) >= 11 is 4.30. The molecule has 0 aliphatic rings. The van der Waals surface area contributed by atoms with E-state index in [4.69, 9.17) is 0 Å². The van der Waals surface area contributed by atoms with Crippen LogP contribution in [0.25, 0.3) is 0 Å². The van der Waals surface area contributed by atoms with Crippen LogP contribution in [0.1, 0.15) is 33.1 Å². The zero-order valence-electron chi connectivity index (χ0n) is 9.16. The van der Waals surface area contributed by atoms with Gasteiger partial charge >= 0.3 is 0 Å². The fourth-order valence-electron chi connectivity index (χ4n) is 0.961. The highest BCUT2D eigenvalue weighted by Gasteiger charge is 1.89. The van der Waals surface area contributed by atoms with Crippen LogP contribution in [0.15, 0.2) is 42.2 Å². The second kappa shape index (κ2) is 8.93. The van der Waals surface area contributed by atoms with Gasteiger partial charge < -0.3 is 0 Å². The van der Waals surface area contributed by atoms with E-state index in [-0.39, 0.29) is 0 Å². The summed E-state index contributed by atoms with van der Waals surface area (Å²) in [5.74, 6) is 0. The van der Waals surface area contributed by atoms with E-state index in [1.54, 1.807) is 0 Å². The van der Waals surface area contributed by atoms with E-state index in [9.17, 15) is 0 Å². The maximum absolute atomic E-state index is 4.30. The Morgan fingerprint density at radius 1 is 1.57 bits per heavy atom. The van der Waals surface area contributed by atoms with Gasteiger partial charge in [0.25, 0.3) is 0 Å². The molecule has 14 heavy (non-hydrogen) atoms. The fraction of sp³-hybridized carbons (Fsp3) is 0.462. The first-order valence-electron chi connectivity index (χ1n) is 5.11. The maximum atomic E-state index is 4.30. The first-order chi connectivity index (χ1) is 6.70. The van der Waals surface area contributed by atoms with Crippen LogP contribution in [0.2, 0.25) is 0 Å². The van der Waals surface area contributed by atoms with E-state index in [1.807, 2.05) is 18.2 Å². The van der Waals surface area contributed by atoms with Crippen molar-refractivity contribution in [2.24, 2.45) is 0 Å². The first kappa shape index (κ1) is 13.4. The second-order valence-corrected chi connectivity index (χ2v) is 4.14. The van der Waals surface area contributed by atoms with Crippen LogP contribution < -0.4 is 0 Å². The summed E-state index contributed by atoms with van der Waals surface area (Å²) in [6, 6.07) is 0. The van der Waals surface area contributed by atoms with Gasteiger partial charge in [0.05, 0.1) is 0 Å². The molecule has 0 nitrogen and oxygen atoms in total. The molecule has 1 unspecified atom stereocenters. The Morgan fingerprint density at radius 2 is 2.29 bits per heavy atom. The molecule has 0 heterocycles. The summed E-state index contributed by atoms with van der Waals surface area (Å²) in [5, 5.41) is 0.475. The molecule has 0 fully saturated rings. The van der Waals surface area contributed by atoms with E-state index in [0.29, 0.717) is 5.25 Å². The van der Waals surface area contributed by atoms with Gasteiger partial charge in [0.2, 0.25) is 0 Å². The molecule has 0 aromatic rings. The Hall–Kier alpha value is -0.650. The summed E-state index contributed by atoms with van der Waals surface area (Å²) in [6.45, 7) is 7.96. The molecule has 0 aliphatic heterocycles.